The van der Waals surface area contributed by atoms with Crippen LogP contribution < -0.4 is 14.8 Å². The molecule has 0 heterocycles. The SMILES string of the molecule is COc1ccccc1CCNC(C)COc1ccc(-c2ccccc2)cc1. The highest BCUT2D eigenvalue weighted by molar-refractivity contribution is 5.63. The third-order valence-corrected chi connectivity index (χ3v) is 4.54. The number of para-hydroxylation sites is 1. The maximum Gasteiger partial charge on any atom is 0.122 e. The van der Waals surface area contributed by atoms with Crippen LogP contribution in [0.5, 0.6) is 11.5 Å². The maximum atomic E-state index is 5.92. The van der Waals surface area contributed by atoms with Gasteiger partial charge in [-0.25, -0.2) is 0 Å². The van der Waals surface area contributed by atoms with E-state index in [-0.39, 0.29) is 6.04 Å². The van der Waals surface area contributed by atoms with E-state index in [1.54, 1.807) is 7.11 Å². The number of methoxy groups -OCH3 is 1. The van der Waals surface area contributed by atoms with Crippen LogP contribution in [-0.4, -0.2) is 26.3 Å². The molecule has 3 nitrogen and oxygen atoms in total. The summed E-state index contributed by atoms with van der Waals surface area (Å²) in [5, 5.41) is 3.51. The number of benzene rings is 3. The minimum absolute atomic E-state index is 0.272. The van der Waals surface area contributed by atoms with Crippen LogP contribution in [-0.2, 0) is 6.42 Å². The Morgan fingerprint density at radius 3 is 2.22 bits per heavy atom. The maximum absolute atomic E-state index is 5.92. The van der Waals surface area contributed by atoms with Crippen LogP contribution in [0.2, 0.25) is 0 Å². The highest BCUT2D eigenvalue weighted by atomic mass is 16.5. The molecule has 0 spiro atoms. The number of hydrogen-bond acceptors (Lipinski definition) is 3. The highest BCUT2D eigenvalue weighted by Crippen LogP contribution is 2.22. The summed E-state index contributed by atoms with van der Waals surface area (Å²) in [5.74, 6) is 1.84. The molecule has 3 heteroatoms. The molecule has 0 amide bonds. The summed E-state index contributed by atoms with van der Waals surface area (Å²) in [6, 6.07) is 27.1. The molecule has 27 heavy (non-hydrogen) atoms. The van der Waals surface area contributed by atoms with Gasteiger partial charge in [0, 0.05) is 6.04 Å². The predicted molar refractivity (Wildman–Crippen MR) is 112 cm³/mol. The van der Waals surface area contributed by atoms with E-state index < -0.39 is 0 Å². The van der Waals surface area contributed by atoms with Crippen molar-refractivity contribution in [3.63, 3.8) is 0 Å². The van der Waals surface area contributed by atoms with E-state index in [9.17, 15) is 0 Å². The summed E-state index contributed by atoms with van der Waals surface area (Å²) in [5.41, 5.74) is 3.64. The lowest BCUT2D eigenvalue weighted by atomic mass is 10.1. The summed E-state index contributed by atoms with van der Waals surface area (Å²) < 4.78 is 11.3. The monoisotopic (exact) mass is 361 g/mol. The molecular formula is C24H27NO2. The first kappa shape index (κ1) is 19.0. The third-order valence-electron chi connectivity index (χ3n) is 4.54. The minimum Gasteiger partial charge on any atom is -0.496 e. The van der Waals surface area contributed by atoms with Crippen molar-refractivity contribution in [1.29, 1.82) is 0 Å². The van der Waals surface area contributed by atoms with Crippen LogP contribution >= 0.6 is 0 Å². The fourth-order valence-corrected chi connectivity index (χ4v) is 3.02. The van der Waals surface area contributed by atoms with E-state index in [1.165, 1.54) is 16.7 Å². The second-order valence-corrected chi connectivity index (χ2v) is 6.62. The fourth-order valence-electron chi connectivity index (χ4n) is 3.02. The standard InChI is InChI=1S/C24H27NO2/c1-19(25-17-16-22-10-6-7-11-24(22)26-2)18-27-23-14-12-21(13-15-23)20-8-4-3-5-9-20/h3-15,19,25H,16-18H2,1-2H3. The van der Waals surface area contributed by atoms with Gasteiger partial charge in [-0.05, 0) is 54.8 Å². The van der Waals surface area contributed by atoms with Gasteiger partial charge in [0.05, 0.1) is 7.11 Å². The lowest BCUT2D eigenvalue weighted by Crippen LogP contribution is -2.33. The summed E-state index contributed by atoms with van der Waals surface area (Å²) in [6.45, 7) is 3.66. The average Bonchev–Trinajstić information content (AvgIpc) is 2.73. The van der Waals surface area contributed by atoms with E-state index in [0.717, 1.165) is 24.5 Å². The first-order valence-corrected chi connectivity index (χ1v) is 9.40. The molecule has 3 aromatic carbocycles. The van der Waals surface area contributed by atoms with Crippen molar-refractivity contribution in [2.24, 2.45) is 0 Å². The molecule has 3 aromatic rings. The topological polar surface area (TPSA) is 30.5 Å². The van der Waals surface area contributed by atoms with Crippen molar-refractivity contribution in [1.82, 2.24) is 5.32 Å². The number of rotatable bonds is 9. The molecule has 0 aliphatic rings. The van der Waals surface area contributed by atoms with Gasteiger partial charge in [0.1, 0.15) is 18.1 Å². The van der Waals surface area contributed by atoms with E-state index in [1.807, 2.05) is 36.4 Å². The predicted octanol–water partition coefficient (Wildman–Crippen LogP) is 4.96. The molecule has 0 aliphatic carbocycles. The Kier molecular flexibility index (Phi) is 6.89. The average molecular weight is 361 g/mol. The summed E-state index contributed by atoms with van der Waals surface area (Å²) in [7, 11) is 1.71. The van der Waals surface area contributed by atoms with Crippen LogP contribution in [0.3, 0.4) is 0 Å². The Morgan fingerprint density at radius 2 is 1.48 bits per heavy atom. The first-order valence-electron chi connectivity index (χ1n) is 9.40. The minimum atomic E-state index is 0.272. The Labute approximate surface area is 162 Å². The van der Waals surface area contributed by atoms with Gasteiger partial charge < -0.3 is 14.8 Å². The Morgan fingerprint density at radius 1 is 0.815 bits per heavy atom. The summed E-state index contributed by atoms with van der Waals surface area (Å²) >= 11 is 0. The second kappa shape index (κ2) is 9.79. The first-order chi connectivity index (χ1) is 13.3. The van der Waals surface area contributed by atoms with E-state index >= 15 is 0 Å². The molecule has 0 fully saturated rings. The van der Waals surface area contributed by atoms with Gasteiger partial charge >= 0.3 is 0 Å². The van der Waals surface area contributed by atoms with Crippen LogP contribution in [0, 0.1) is 0 Å². The van der Waals surface area contributed by atoms with Crippen molar-refractivity contribution in [3.05, 3.63) is 84.4 Å². The molecule has 0 saturated carbocycles. The van der Waals surface area contributed by atoms with Crippen molar-refractivity contribution in [2.45, 2.75) is 19.4 Å². The Bertz CT molecular complexity index is 815. The van der Waals surface area contributed by atoms with Gasteiger partial charge in [0.25, 0.3) is 0 Å². The van der Waals surface area contributed by atoms with Gasteiger partial charge in [0.2, 0.25) is 0 Å². The quantitative estimate of drug-likeness (QED) is 0.584. The molecule has 1 unspecified atom stereocenters. The highest BCUT2D eigenvalue weighted by Gasteiger charge is 2.05. The number of ether oxygens (including phenoxy) is 2. The lowest BCUT2D eigenvalue weighted by Gasteiger charge is -2.16. The van der Waals surface area contributed by atoms with Crippen molar-refractivity contribution in [3.8, 4) is 22.6 Å². The largest absolute Gasteiger partial charge is 0.496 e. The normalized spacial score (nSPS) is 11.8. The fraction of sp³-hybridized carbons (Fsp3) is 0.250. The molecule has 140 valence electrons. The zero-order valence-electron chi connectivity index (χ0n) is 16.0. The Hall–Kier alpha value is -2.78. The van der Waals surface area contributed by atoms with Crippen LogP contribution in [0.4, 0.5) is 0 Å². The molecule has 0 bridgehead atoms. The van der Waals surface area contributed by atoms with E-state index in [2.05, 4.69) is 54.7 Å². The van der Waals surface area contributed by atoms with Gasteiger partial charge in [-0.2, -0.15) is 0 Å². The van der Waals surface area contributed by atoms with E-state index in [0.29, 0.717) is 6.61 Å². The lowest BCUT2D eigenvalue weighted by molar-refractivity contribution is 0.274. The Balaban J connectivity index is 1.43. The zero-order valence-corrected chi connectivity index (χ0v) is 16.0. The number of hydrogen-bond donors (Lipinski definition) is 1. The molecule has 0 saturated heterocycles. The molecule has 0 aromatic heterocycles. The van der Waals surface area contributed by atoms with Crippen molar-refractivity contribution >= 4 is 0 Å². The smallest absolute Gasteiger partial charge is 0.122 e. The van der Waals surface area contributed by atoms with E-state index in [4.69, 9.17) is 9.47 Å². The van der Waals surface area contributed by atoms with Gasteiger partial charge in [-0.1, -0.05) is 60.7 Å². The summed E-state index contributed by atoms with van der Waals surface area (Å²) in [4.78, 5) is 0. The molecule has 0 radical (unpaired) electrons. The zero-order chi connectivity index (χ0) is 18.9. The van der Waals surface area contributed by atoms with Gasteiger partial charge in [0.15, 0.2) is 0 Å². The van der Waals surface area contributed by atoms with Gasteiger partial charge in [-0.15, -0.1) is 0 Å². The molecule has 0 aliphatic heterocycles. The van der Waals surface area contributed by atoms with Crippen molar-refractivity contribution < 1.29 is 9.47 Å². The molecule has 1 N–H and O–H groups in total. The third kappa shape index (κ3) is 5.60. The number of nitrogens with one attached hydrogen (secondary N) is 1. The molecule has 3 rings (SSSR count). The van der Waals surface area contributed by atoms with Crippen LogP contribution in [0.15, 0.2) is 78.9 Å². The summed E-state index contributed by atoms with van der Waals surface area (Å²) in [6.07, 6.45) is 0.931. The molecule has 1 atom stereocenters. The second-order valence-electron chi connectivity index (χ2n) is 6.62. The van der Waals surface area contributed by atoms with Gasteiger partial charge in [-0.3, -0.25) is 0 Å². The van der Waals surface area contributed by atoms with Crippen LogP contribution in [0.25, 0.3) is 11.1 Å². The molecular weight excluding hydrogens is 334 g/mol. The van der Waals surface area contributed by atoms with Crippen LogP contribution in [0.1, 0.15) is 12.5 Å². The van der Waals surface area contributed by atoms with Crippen molar-refractivity contribution in [2.75, 3.05) is 20.3 Å².